The van der Waals surface area contributed by atoms with Crippen molar-refractivity contribution in [2.24, 2.45) is 0 Å². The van der Waals surface area contributed by atoms with E-state index in [0.717, 1.165) is 0 Å². The van der Waals surface area contributed by atoms with Crippen molar-refractivity contribution in [1.82, 2.24) is 14.8 Å². The Morgan fingerprint density at radius 3 is 2.57 bits per heavy atom. The normalized spacial score (nSPS) is 21.9. The number of aromatic nitrogens is 1. The standard InChI is InChI=1S/C23H24F3N3O6S2/c1-29(10-11-34-2)14-21(15-6-4-3-5-7-15)13-22(21,20(30)31)28-37(32,33)19-9-8-17(36-19)16-12-18(35-27-16)23(24,25)26/h3-9,12,28H,10-11,13-14H2,1-2H3,(H,30,31)/t21-,22?/m1/s1. The highest BCUT2D eigenvalue weighted by atomic mass is 32.2. The van der Waals surface area contributed by atoms with E-state index in [4.69, 9.17) is 4.74 Å². The second-order valence-electron chi connectivity index (χ2n) is 8.86. The zero-order valence-electron chi connectivity index (χ0n) is 19.8. The number of carbonyl (C=O) groups is 1. The first kappa shape index (κ1) is 27.3. The summed E-state index contributed by atoms with van der Waals surface area (Å²) in [6.45, 7) is 1.15. The number of aliphatic carboxylic acids is 1. The highest BCUT2D eigenvalue weighted by Crippen LogP contribution is 2.59. The summed E-state index contributed by atoms with van der Waals surface area (Å²) in [6, 6.07) is 12.0. The van der Waals surface area contributed by atoms with Crippen molar-refractivity contribution in [2.75, 3.05) is 33.9 Å². The molecule has 1 unspecified atom stereocenters. The fraction of sp³-hybridized carbons (Fsp3) is 0.391. The Kier molecular flexibility index (Phi) is 7.25. The van der Waals surface area contributed by atoms with Gasteiger partial charge in [0.05, 0.1) is 11.5 Å². The fourth-order valence-electron chi connectivity index (χ4n) is 4.45. The van der Waals surface area contributed by atoms with E-state index >= 15 is 0 Å². The maximum Gasteiger partial charge on any atom is 0.452 e. The monoisotopic (exact) mass is 559 g/mol. The number of ether oxygens (including phenoxy) is 1. The van der Waals surface area contributed by atoms with Crippen LogP contribution in [-0.4, -0.2) is 68.9 Å². The Balaban J connectivity index is 1.65. The van der Waals surface area contributed by atoms with Crippen LogP contribution in [0.4, 0.5) is 13.2 Å². The fourth-order valence-corrected chi connectivity index (χ4v) is 7.13. The molecule has 2 aromatic heterocycles. The number of benzene rings is 1. The number of alkyl halides is 3. The van der Waals surface area contributed by atoms with Gasteiger partial charge in [0.2, 0.25) is 5.76 Å². The van der Waals surface area contributed by atoms with E-state index in [-0.39, 0.29) is 27.7 Å². The average Bonchev–Trinajstić information content (AvgIpc) is 3.24. The molecule has 9 nitrogen and oxygen atoms in total. The maximum absolute atomic E-state index is 13.4. The topological polar surface area (TPSA) is 122 Å². The SMILES string of the molecule is COCCN(C)C[C@@]1(c2ccccc2)CC1(NS(=O)(=O)c1ccc(-c2cc(C(F)(F)F)on2)s1)C(=O)O. The Morgan fingerprint density at radius 1 is 1.27 bits per heavy atom. The molecule has 1 fully saturated rings. The second-order valence-corrected chi connectivity index (χ2v) is 11.9. The third kappa shape index (κ3) is 5.16. The van der Waals surface area contributed by atoms with Gasteiger partial charge >= 0.3 is 12.1 Å². The molecule has 4 rings (SSSR count). The van der Waals surface area contributed by atoms with Crippen LogP contribution in [0.2, 0.25) is 0 Å². The van der Waals surface area contributed by atoms with E-state index in [1.807, 2.05) is 4.90 Å². The molecule has 14 heteroatoms. The van der Waals surface area contributed by atoms with Gasteiger partial charge in [0, 0.05) is 31.7 Å². The van der Waals surface area contributed by atoms with Crippen molar-refractivity contribution in [3.63, 3.8) is 0 Å². The van der Waals surface area contributed by atoms with E-state index in [1.54, 1.807) is 44.5 Å². The molecule has 0 radical (unpaired) electrons. The quantitative estimate of drug-likeness (QED) is 0.367. The molecule has 0 aliphatic heterocycles. The minimum absolute atomic E-state index is 0.00631. The number of methoxy groups -OCH3 is 1. The van der Waals surface area contributed by atoms with Crippen molar-refractivity contribution >= 4 is 27.3 Å². The molecule has 200 valence electrons. The summed E-state index contributed by atoms with van der Waals surface area (Å²) in [5.41, 5.74) is -2.42. The number of carboxylic acids is 1. The lowest BCUT2D eigenvalue weighted by Gasteiger charge is -2.29. The minimum Gasteiger partial charge on any atom is -0.480 e. The highest BCUT2D eigenvalue weighted by molar-refractivity contribution is 7.91. The smallest absolute Gasteiger partial charge is 0.452 e. The lowest BCUT2D eigenvalue weighted by Crippen LogP contribution is -2.51. The molecule has 37 heavy (non-hydrogen) atoms. The third-order valence-electron chi connectivity index (χ3n) is 6.36. The number of rotatable bonds is 11. The highest BCUT2D eigenvalue weighted by Gasteiger charge is 2.75. The lowest BCUT2D eigenvalue weighted by atomic mass is 9.90. The van der Waals surface area contributed by atoms with E-state index < -0.39 is 38.9 Å². The molecule has 2 heterocycles. The summed E-state index contributed by atoms with van der Waals surface area (Å²) in [5.74, 6) is -2.64. The average molecular weight is 560 g/mol. The largest absolute Gasteiger partial charge is 0.480 e. The van der Waals surface area contributed by atoms with E-state index in [0.29, 0.717) is 36.1 Å². The van der Waals surface area contributed by atoms with Crippen molar-refractivity contribution in [1.29, 1.82) is 0 Å². The van der Waals surface area contributed by atoms with Gasteiger partial charge in [-0.3, -0.25) is 4.79 Å². The molecular weight excluding hydrogens is 535 g/mol. The number of thiophene rings is 1. The van der Waals surface area contributed by atoms with Crippen molar-refractivity contribution in [3.05, 3.63) is 59.9 Å². The minimum atomic E-state index is -4.74. The zero-order valence-corrected chi connectivity index (χ0v) is 21.4. The number of likely N-dealkylation sites (N-methyl/N-ethyl adjacent to an activating group) is 1. The predicted molar refractivity (Wildman–Crippen MR) is 128 cm³/mol. The Bertz CT molecular complexity index is 1380. The van der Waals surface area contributed by atoms with E-state index in [1.165, 1.54) is 12.1 Å². The van der Waals surface area contributed by atoms with Crippen LogP contribution in [-0.2, 0) is 31.1 Å². The van der Waals surface area contributed by atoms with Crippen molar-refractivity contribution < 1.29 is 40.8 Å². The molecule has 0 amide bonds. The molecule has 1 aliphatic rings. The van der Waals surface area contributed by atoms with Gasteiger partial charge in [-0.1, -0.05) is 35.5 Å². The number of hydrogen-bond acceptors (Lipinski definition) is 8. The zero-order chi connectivity index (χ0) is 27.1. The molecular formula is C23H24F3N3O6S2. The third-order valence-corrected chi connectivity index (χ3v) is 9.46. The summed E-state index contributed by atoms with van der Waals surface area (Å²) < 4.78 is 76.8. The molecule has 1 saturated carbocycles. The molecule has 0 bridgehead atoms. The van der Waals surface area contributed by atoms with Gasteiger partial charge in [0.15, 0.2) is 0 Å². The van der Waals surface area contributed by atoms with Gasteiger partial charge in [-0.15, -0.1) is 11.3 Å². The summed E-state index contributed by atoms with van der Waals surface area (Å²) in [6.07, 6.45) is -4.73. The first-order chi connectivity index (χ1) is 17.3. The van der Waals surface area contributed by atoms with Crippen molar-refractivity contribution in [3.8, 4) is 10.6 Å². The molecule has 2 atom stereocenters. The van der Waals surface area contributed by atoms with Crippen LogP contribution in [0.25, 0.3) is 10.6 Å². The van der Waals surface area contributed by atoms with Gasteiger partial charge in [0.1, 0.15) is 15.4 Å². The summed E-state index contributed by atoms with van der Waals surface area (Å²) >= 11 is 0.658. The Labute approximate surface area is 214 Å². The molecule has 2 N–H and O–H groups in total. The van der Waals surface area contributed by atoms with Crippen LogP contribution in [0.1, 0.15) is 17.7 Å². The van der Waals surface area contributed by atoms with Crippen LogP contribution in [0.15, 0.2) is 57.3 Å². The number of nitrogens with zero attached hydrogens (tertiary/aromatic N) is 2. The van der Waals surface area contributed by atoms with Crippen LogP contribution in [0.5, 0.6) is 0 Å². The maximum atomic E-state index is 13.4. The number of carboxylic acid groups (broad SMARTS) is 1. The summed E-state index contributed by atoms with van der Waals surface area (Å²) in [4.78, 5) is 14.6. The number of nitrogens with one attached hydrogen (secondary N) is 1. The number of hydrogen-bond donors (Lipinski definition) is 2. The first-order valence-corrected chi connectivity index (χ1v) is 13.3. The Morgan fingerprint density at radius 2 is 1.97 bits per heavy atom. The number of sulfonamides is 1. The van der Waals surface area contributed by atoms with Gasteiger partial charge in [-0.05, 0) is 31.2 Å². The van der Waals surface area contributed by atoms with E-state index in [9.17, 15) is 31.5 Å². The first-order valence-electron chi connectivity index (χ1n) is 11.0. The molecule has 1 aromatic carbocycles. The van der Waals surface area contributed by atoms with Gasteiger partial charge in [-0.2, -0.15) is 17.9 Å². The molecule has 3 aromatic rings. The molecule has 1 aliphatic carbocycles. The predicted octanol–water partition coefficient (Wildman–Crippen LogP) is 3.44. The van der Waals surface area contributed by atoms with Crippen LogP contribution in [0, 0.1) is 0 Å². The summed E-state index contributed by atoms with van der Waals surface area (Å²) in [5, 5.41) is 13.6. The van der Waals surface area contributed by atoms with E-state index in [2.05, 4.69) is 14.4 Å². The Hall–Kier alpha value is -2.78. The van der Waals surface area contributed by atoms with Gasteiger partial charge < -0.3 is 19.3 Å². The number of halogens is 3. The summed E-state index contributed by atoms with van der Waals surface area (Å²) in [7, 11) is -1.04. The molecule has 0 saturated heterocycles. The van der Waals surface area contributed by atoms with Gasteiger partial charge in [0.25, 0.3) is 10.0 Å². The lowest BCUT2D eigenvalue weighted by molar-refractivity contribution is -0.155. The van der Waals surface area contributed by atoms with Gasteiger partial charge in [-0.25, -0.2) is 8.42 Å². The molecule has 0 spiro atoms. The second kappa shape index (κ2) is 9.83. The van der Waals surface area contributed by atoms with Crippen LogP contribution < -0.4 is 4.72 Å². The van der Waals surface area contributed by atoms with Crippen LogP contribution >= 0.6 is 11.3 Å². The van der Waals surface area contributed by atoms with Crippen LogP contribution in [0.3, 0.4) is 0 Å². The van der Waals surface area contributed by atoms with Crippen molar-refractivity contribution in [2.45, 2.75) is 27.8 Å².